The van der Waals surface area contributed by atoms with E-state index in [0.717, 1.165) is 12.3 Å². The minimum atomic E-state index is -2.69. The maximum atomic E-state index is 12.6. The molecule has 0 saturated heterocycles. The van der Waals surface area contributed by atoms with Crippen molar-refractivity contribution < 1.29 is 18.3 Å². The Morgan fingerprint density at radius 2 is 2.31 bits per heavy atom. The van der Waals surface area contributed by atoms with Gasteiger partial charge in [-0.2, -0.15) is 0 Å². The minimum Gasteiger partial charge on any atom is -0.461 e. The molecule has 16 heavy (non-hydrogen) atoms. The van der Waals surface area contributed by atoms with Crippen LogP contribution in [-0.2, 0) is 10.6 Å². The maximum absolute atomic E-state index is 12.6. The Morgan fingerprint density at radius 3 is 2.81 bits per heavy atom. The molecule has 0 radical (unpaired) electrons. The smallest absolute Gasteiger partial charge is 0.357 e. The van der Waals surface area contributed by atoms with Crippen LogP contribution in [0.4, 0.5) is 8.78 Å². The van der Waals surface area contributed by atoms with Gasteiger partial charge in [-0.05, 0) is 13.0 Å². The predicted octanol–water partition coefficient (Wildman–Crippen LogP) is 2.93. The van der Waals surface area contributed by atoms with Gasteiger partial charge in [-0.3, -0.25) is 0 Å². The number of carbonyl (C=O) groups excluding carboxylic acids is 1. The van der Waals surface area contributed by atoms with Gasteiger partial charge in [0.1, 0.15) is 0 Å². The van der Waals surface area contributed by atoms with Gasteiger partial charge in [-0.1, -0.05) is 0 Å². The molecule has 1 heterocycles. The number of nitrogens with zero attached hydrogens (tertiary/aromatic N) is 1. The summed E-state index contributed by atoms with van der Waals surface area (Å²) < 4.78 is 29.9. The molecule has 0 fully saturated rings. The third-order valence-electron chi connectivity index (χ3n) is 1.93. The van der Waals surface area contributed by atoms with Crippen molar-refractivity contribution in [2.45, 2.75) is 19.2 Å². The van der Waals surface area contributed by atoms with Crippen molar-refractivity contribution in [2.24, 2.45) is 0 Å². The Labute approximate surface area is 96.4 Å². The molecule has 88 valence electrons. The molecule has 3 nitrogen and oxygen atoms in total. The summed E-state index contributed by atoms with van der Waals surface area (Å²) in [5.74, 6) is -0.942. The fourth-order valence-electron chi connectivity index (χ4n) is 1.23. The fraction of sp³-hybridized carbons (Fsp3) is 0.400. The van der Waals surface area contributed by atoms with Crippen molar-refractivity contribution in [3.05, 3.63) is 29.1 Å². The molecule has 0 saturated carbocycles. The summed E-state index contributed by atoms with van der Waals surface area (Å²) in [4.78, 5) is 15.1. The Kier molecular flexibility index (Phi) is 4.61. The molecule has 0 bridgehead atoms. The van der Waals surface area contributed by atoms with Crippen LogP contribution in [0.3, 0.4) is 0 Å². The van der Waals surface area contributed by atoms with Crippen molar-refractivity contribution in [2.75, 3.05) is 6.61 Å². The first-order chi connectivity index (χ1) is 7.61. The van der Waals surface area contributed by atoms with E-state index in [9.17, 15) is 13.6 Å². The number of aromatic nitrogens is 1. The average molecular weight is 250 g/mol. The molecule has 0 aromatic carbocycles. The Balaban J connectivity index is 3.18. The summed E-state index contributed by atoms with van der Waals surface area (Å²) in [5, 5.41) is 0. The monoisotopic (exact) mass is 249 g/mol. The highest BCUT2D eigenvalue weighted by atomic mass is 35.5. The fourth-order valence-corrected chi connectivity index (χ4v) is 1.51. The maximum Gasteiger partial charge on any atom is 0.357 e. The molecular formula is C10H10ClF2NO2. The lowest BCUT2D eigenvalue weighted by Crippen LogP contribution is -2.12. The quantitative estimate of drug-likeness (QED) is 0.608. The van der Waals surface area contributed by atoms with E-state index >= 15 is 0 Å². The van der Waals surface area contributed by atoms with Gasteiger partial charge in [0.05, 0.1) is 12.5 Å². The van der Waals surface area contributed by atoms with E-state index in [-0.39, 0.29) is 29.3 Å². The first kappa shape index (κ1) is 12.8. The second kappa shape index (κ2) is 5.75. The average Bonchev–Trinajstić information content (AvgIpc) is 2.28. The molecule has 0 aliphatic heterocycles. The molecule has 0 amide bonds. The molecule has 1 aromatic heterocycles. The minimum absolute atomic E-state index is 0.0256. The number of esters is 1. The topological polar surface area (TPSA) is 39.2 Å². The zero-order valence-electron chi connectivity index (χ0n) is 8.54. The highest BCUT2D eigenvalue weighted by molar-refractivity contribution is 6.17. The normalized spacial score (nSPS) is 10.6. The van der Waals surface area contributed by atoms with Crippen LogP contribution in [0.1, 0.15) is 35.0 Å². The van der Waals surface area contributed by atoms with Crippen molar-refractivity contribution >= 4 is 17.6 Å². The Hall–Kier alpha value is -1.23. The van der Waals surface area contributed by atoms with Crippen LogP contribution in [0.25, 0.3) is 0 Å². The molecule has 1 rings (SSSR count). The van der Waals surface area contributed by atoms with E-state index in [4.69, 9.17) is 16.3 Å². The third-order valence-corrected chi connectivity index (χ3v) is 2.20. The molecule has 0 unspecified atom stereocenters. The molecule has 0 aliphatic carbocycles. The summed E-state index contributed by atoms with van der Waals surface area (Å²) in [6.45, 7) is 1.77. The van der Waals surface area contributed by atoms with E-state index in [1.54, 1.807) is 6.92 Å². The number of ether oxygens (including phenoxy) is 1. The number of hydrogen-bond acceptors (Lipinski definition) is 3. The van der Waals surface area contributed by atoms with Crippen LogP contribution in [0, 0.1) is 0 Å². The molecule has 0 atom stereocenters. The number of halogens is 3. The van der Waals surface area contributed by atoms with Crippen LogP contribution < -0.4 is 0 Å². The number of hydrogen-bond donors (Lipinski definition) is 0. The van der Waals surface area contributed by atoms with Gasteiger partial charge in [0, 0.05) is 17.3 Å². The van der Waals surface area contributed by atoms with E-state index in [2.05, 4.69) is 4.98 Å². The van der Waals surface area contributed by atoms with E-state index in [1.807, 2.05) is 0 Å². The van der Waals surface area contributed by atoms with Gasteiger partial charge < -0.3 is 4.74 Å². The van der Waals surface area contributed by atoms with Gasteiger partial charge in [-0.25, -0.2) is 18.6 Å². The molecule has 0 aliphatic rings. The number of rotatable bonds is 4. The molecule has 6 heteroatoms. The van der Waals surface area contributed by atoms with Gasteiger partial charge in [0.15, 0.2) is 5.69 Å². The van der Waals surface area contributed by atoms with Crippen LogP contribution in [0.2, 0.25) is 0 Å². The SMILES string of the molecule is CCOC(=O)c1nccc(C(F)F)c1CCl. The summed E-state index contributed by atoms with van der Waals surface area (Å²) >= 11 is 5.54. The van der Waals surface area contributed by atoms with Gasteiger partial charge >= 0.3 is 5.97 Å². The summed E-state index contributed by atoms with van der Waals surface area (Å²) in [6, 6.07) is 1.14. The van der Waals surface area contributed by atoms with E-state index in [1.165, 1.54) is 0 Å². The molecule has 0 N–H and O–H groups in total. The van der Waals surface area contributed by atoms with Crippen molar-refractivity contribution in [1.82, 2.24) is 4.98 Å². The lowest BCUT2D eigenvalue weighted by molar-refractivity contribution is 0.0517. The van der Waals surface area contributed by atoms with Crippen molar-refractivity contribution in [3.63, 3.8) is 0 Å². The number of pyridine rings is 1. The number of alkyl halides is 3. The van der Waals surface area contributed by atoms with Gasteiger partial charge in [0.2, 0.25) is 0 Å². The second-order valence-corrected chi connectivity index (χ2v) is 3.15. The predicted molar refractivity (Wildman–Crippen MR) is 54.7 cm³/mol. The second-order valence-electron chi connectivity index (χ2n) is 2.88. The molecule has 1 aromatic rings. The van der Waals surface area contributed by atoms with Crippen LogP contribution in [0.15, 0.2) is 12.3 Å². The lowest BCUT2D eigenvalue weighted by Gasteiger charge is -2.10. The van der Waals surface area contributed by atoms with Crippen LogP contribution in [-0.4, -0.2) is 17.6 Å². The molecule has 0 spiro atoms. The zero-order chi connectivity index (χ0) is 12.1. The lowest BCUT2D eigenvalue weighted by atomic mass is 10.1. The van der Waals surface area contributed by atoms with Gasteiger partial charge in [-0.15, -0.1) is 11.6 Å². The Bertz CT molecular complexity index is 385. The first-order valence-electron chi connectivity index (χ1n) is 4.60. The summed E-state index contributed by atoms with van der Waals surface area (Å²) in [7, 11) is 0. The van der Waals surface area contributed by atoms with E-state index in [0.29, 0.717) is 0 Å². The van der Waals surface area contributed by atoms with Crippen molar-refractivity contribution in [1.29, 1.82) is 0 Å². The number of carbonyl (C=O) groups is 1. The van der Waals surface area contributed by atoms with Crippen LogP contribution >= 0.6 is 11.6 Å². The highest BCUT2D eigenvalue weighted by Crippen LogP contribution is 2.26. The molecular weight excluding hydrogens is 240 g/mol. The highest BCUT2D eigenvalue weighted by Gasteiger charge is 2.21. The first-order valence-corrected chi connectivity index (χ1v) is 5.14. The third kappa shape index (κ3) is 2.66. The zero-order valence-corrected chi connectivity index (χ0v) is 9.30. The van der Waals surface area contributed by atoms with Gasteiger partial charge in [0.25, 0.3) is 6.43 Å². The summed E-state index contributed by atoms with van der Waals surface area (Å²) in [6.07, 6.45) is -1.55. The summed E-state index contributed by atoms with van der Waals surface area (Å²) in [5.41, 5.74) is -0.402. The van der Waals surface area contributed by atoms with E-state index < -0.39 is 12.4 Å². The van der Waals surface area contributed by atoms with Crippen LogP contribution in [0.5, 0.6) is 0 Å². The standard InChI is InChI=1S/C10H10ClF2NO2/c1-2-16-10(15)8-7(5-11)6(9(12)13)3-4-14-8/h3-4,9H,2,5H2,1H3. The Morgan fingerprint density at radius 1 is 1.62 bits per heavy atom. The van der Waals surface area contributed by atoms with Crippen molar-refractivity contribution in [3.8, 4) is 0 Å². The largest absolute Gasteiger partial charge is 0.461 e.